The van der Waals surface area contributed by atoms with Gasteiger partial charge in [-0.15, -0.1) is 0 Å². The Bertz CT molecular complexity index is 665. The van der Waals surface area contributed by atoms with Crippen LogP contribution in [0.15, 0.2) is 18.2 Å². The van der Waals surface area contributed by atoms with Crippen LogP contribution in [0.25, 0.3) is 11.1 Å². The summed E-state index contributed by atoms with van der Waals surface area (Å²) in [5.74, 6) is -5.95. The molecule has 0 atom stereocenters. The van der Waals surface area contributed by atoms with E-state index < -0.39 is 28.8 Å². The second-order valence-corrected chi connectivity index (χ2v) is 4.25. The Morgan fingerprint density at radius 1 is 0.636 bits per heavy atom. The molecule has 0 aliphatic heterocycles. The van der Waals surface area contributed by atoms with E-state index in [1.54, 1.807) is 0 Å². The first-order valence-electron chi connectivity index (χ1n) is 6.08. The summed E-state index contributed by atoms with van der Waals surface area (Å²) < 4.78 is 70.0. The lowest BCUT2D eigenvalue weighted by atomic mass is 10.0. The molecule has 22 heavy (non-hydrogen) atoms. The van der Waals surface area contributed by atoms with E-state index in [0.717, 1.165) is 0 Å². The van der Waals surface area contributed by atoms with Crippen LogP contribution in [0, 0.1) is 23.3 Å². The van der Waals surface area contributed by atoms with Crippen molar-refractivity contribution in [2.45, 2.75) is 0 Å². The number of halogens is 4. The second kappa shape index (κ2) is 6.13. The minimum Gasteiger partial charge on any atom is -0.496 e. The van der Waals surface area contributed by atoms with E-state index in [9.17, 15) is 17.6 Å². The molecule has 0 aliphatic rings. The van der Waals surface area contributed by atoms with Gasteiger partial charge in [-0.05, 0) is 0 Å². The van der Waals surface area contributed by atoms with E-state index in [1.807, 2.05) is 0 Å². The molecule has 0 saturated heterocycles. The smallest absolute Gasteiger partial charge is 0.170 e. The molecule has 0 fully saturated rings. The fraction of sp³-hybridized carbons (Fsp3) is 0.200. The molecule has 0 saturated carbocycles. The molecule has 2 aromatic rings. The minimum absolute atomic E-state index is 0.0565. The van der Waals surface area contributed by atoms with Crippen molar-refractivity contribution in [1.29, 1.82) is 0 Å². The Hall–Kier alpha value is -2.44. The van der Waals surface area contributed by atoms with Gasteiger partial charge in [-0.1, -0.05) is 0 Å². The quantitative estimate of drug-likeness (QED) is 0.632. The van der Waals surface area contributed by atoms with E-state index in [2.05, 4.69) is 0 Å². The van der Waals surface area contributed by atoms with E-state index in [-0.39, 0.29) is 28.9 Å². The number of hydrogen-bond donors (Lipinski definition) is 0. The summed E-state index contributed by atoms with van der Waals surface area (Å²) >= 11 is 0. The average molecular weight is 316 g/mol. The van der Waals surface area contributed by atoms with Crippen LogP contribution in [0.3, 0.4) is 0 Å². The number of rotatable bonds is 4. The second-order valence-electron chi connectivity index (χ2n) is 4.25. The molecule has 0 aliphatic carbocycles. The van der Waals surface area contributed by atoms with Crippen LogP contribution in [0.1, 0.15) is 0 Å². The van der Waals surface area contributed by atoms with Crippen molar-refractivity contribution in [1.82, 2.24) is 0 Å². The monoisotopic (exact) mass is 316 g/mol. The van der Waals surface area contributed by atoms with Crippen LogP contribution in [0.2, 0.25) is 0 Å². The fourth-order valence-electron chi connectivity index (χ4n) is 2.04. The lowest BCUT2D eigenvalue weighted by Crippen LogP contribution is -2.02. The van der Waals surface area contributed by atoms with E-state index in [1.165, 1.54) is 33.5 Å². The first-order valence-corrected chi connectivity index (χ1v) is 6.08. The van der Waals surface area contributed by atoms with Crippen LogP contribution in [0.4, 0.5) is 17.6 Å². The third kappa shape index (κ3) is 2.54. The van der Waals surface area contributed by atoms with E-state index in [0.29, 0.717) is 0 Å². The summed E-state index contributed by atoms with van der Waals surface area (Å²) in [5.41, 5.74) is -1.16. The zero-order chi connectivity index (χ0) is 16.4. The predicted molar refractivity (Wildman–Crippen MR) is 71.4 cm³/mol. The van der Waals surface area contributed by atoms with Gasteiger partial charge >= 0.3 is 0 Å². The Morgan fingerprint density at radius 3 is 1.45 bits per heavy atom. The Balaban J connectivity index is 2.88. The van der Waals surface area contributed by atoms with Crippen molar-refractivity contribution in [3.05, 3.63) is 41.5 Å². The van der Waals surface area contributed by atoms with Gasteiger partial charge in [0.25, 0.3) is 0 Å². The van der Waals surface area contributed by atoms with Crippen molar-refractivity contribution >= 4 is 0 Å². The highest BCUT2D eigenvalue weighted by Crippen LogP contribution is 2.44. The van der Waals surface area contributed by atoms with Gasteiger partial charge in [0.05, 0.1) is 32.5 Å². The number of hydrogen-bond acceptors (Lipinski definition) is 3. The number of methoxy groups -OCH3 is 3. The SMILES string of the molecule is COc1cc(OC)c(-c2c(F)c(F)cc(F)c2F)c(OC)c1. The van der Waals surface area contributed by atoms with Crippen molar-refractivity contribution in [2.24, 2.45) is 0 Å². The number of ether oxygens (including phenoxy) is 3. The molecule has 7 heteroatoms. The van der Waals surface area contributed by atoms with Gasteiger partial charge in [0.2, 0.25) is 0 Å². The van der Waals surface area contributed by atoms with Crippen molar-refractivity contribution in [3.8, 4) is 28.4 Å². The van der Waals surface area contributed by atoms with Crippen molar-refractivity contribution < 1.29 is 31.8 Å². The Kier molecular flexibility index (Phi) is 4.44. The van der Waals surface area contributed by atoms with Gasteiger partial charge in [-0.25, -0.2) is 17.6 Å². The average Bonchev–Trinajstić information content (AvgIpc) is 2.52. The zero-order valence-corrected chi connectivity index (χ0v) is 12.0. The van der Waals surface area contributed by atoms with Crippen molar-refractivity contribution in [3.63, 3.8) is 0 Å². The molecule has 0 spiro atoms. The van der Waals surface area contributed by atoms with Crippen LogP contribution < -0.4 is 14.2 Å². The topological polar surface area (TPSA) is 27.7 Å². The van der Waals surface area contributed by atoms with Gasteiger partial charge in [0.1, 0.15) is 17.2 Å². The summed E-state index contributed by atoms with van der Waals surface area (Å²) in [5, 5.41) is 0. The molecule has 0 heterocycles. The highest BCUT2D eigenvalue weighted by molar-refractivity contribution is 5.79. The minimum atomic E-state index is -1.54. The molecular weight excluding hydrogens is 304 g/mol. The molecule has 0 N–H and O–H groups in total. The highest BCUT2D eigenvalue weighted by Gasteiger charge is 2.26. The largest absolute Gasteiger partial charge is 0.496 e. The first kappa shape index (κ1) is 15.9. The molecule has 118 valence electrons. The normalized spacial score (nSPS) is 10.5. The molecule has 0 aromatic heterocycles. The summed E-state index contributed by atoms with van der Waals surface area (Å²) in [6.45, 7) is 0. The first-order chi connectivity index (χ1) is 10.4. The molecule has 2 rings (SSSR count). The highest BCUT2D eigenvalue weighted by atomic mass is 19.2. The van der Waals surface area contributed by atoms with Crippen LogP contribution in [-0.2, 0) is 0 Å². The standard InChI is InChI=1S/C15H12F4O3/c1-20-7-4-10(21-2)12(11(5-7)22-3)13-14(18)8(16)6-9(17)15(13)19/h4-6H,1-3H3. The third-order valence-corrected chi connectivity index (χ3v) is 3.08. The molecule has 0 radical (unpaired) electrons. The van der Waals surface area contributed by atoms with Crippen LogP contribution in [0.5, 0.6) is 17.2 Å². The molecule has 0 amide bonds. The van der Waals surface area contributed by atoms with Gasteiger partial charge in [-0.2, -0.15) is 0 Å². The summed E-state index contributed by atoms with van der Waals surface area (Å²) in [4.78, 5) is 0. The van der Waals surface area contributed by atoms with Crippen LogP contribution >= 0.6 is 0 Å². The maximum Gasteiger partial charge on any atom is 0.170 e. The lowest BCUT2D eigenvalue weighted by Gasteiger charge is -2.16. The van der Waals surface area contributed by atoms with Gasteiger partial charge in [0.15, 0.2) is 23.3 Å². The molecule has 0 bridgehead atoms. The zero-order valence-electron chi connectivity index (χ0n) is 12.0. The van der Waals surface area contributed by atoms with Crippen molar-refractivity contribution in [2.75, 3.05) is 21.3 Å². The van der Waals surface area contributed by atoms with Gasteiger partial charge in [0, 0.05) is 18.2 Å². The van der Waals surface area contributed by atoms with Crippen LogP contribution in [-0.4, -0.2) is 21.3 Å². The molecule has 0 unspecified atom stereocenters. The maximum atomic E-state index is 14.0. The van der Waals surface area contributed by atoms with E-state index >= 15 is 0 Å². The molecule has 2 aromatic carbocycles. The van der Waals surface area contributed by atoms with Gasteiger partial charge < -0.3 is 14.2 Å². The summed E-state index contributed by atoms with van der Waals surface area (Å²) in [7, 11) is 3.85. The maximum absolute atomic E-state index is 14.0. The van der Waals surface area contributed by atoms with Gasteiger partial charge in [-0.3, -0.25) is 0 Å². The summed E-state index contributed by atoms with van der Waals surface area (Å²) in [6, 6.07) is 2.77. The fourth-order valence-corrected chi connectivity index (χ4v) is 2.04. The Morgan fingerprint density at radius 2 is 1.09 bits per heavy atom. The lowest BCUT2D eigenvalue weighted by molar-refractivity contribution is 0.376. The number of benzene rings is 2. The third-order valence-electron chi connectivity index (χ3n) is 3.08. The summed E-state index contributed by atoms with van der Waals surface area (Å²) in [6.07, 6.45) is 0. The molecule has 3 nitrogen and oxygen atoms in total. The van der Waals surface area contributed by atoms with E-state index in [4.69, 9.17) is 14.2 Å². The molecular formula is C15H12F4O3. The predicted octanol–water partition coefficient (Wildman–Crippen LogP) is 3.94. The Labute approximate surface area is 124 Å².